The molecular weight excluding hydrogens is 654 g/mol. The molecule has 1 saturated carbocycles. The quantitative estimate of drug-likeness (QED) is 0.0496. The molecule has 0 bridgehead atoms. The predicted molar refractivity (Wildman–Crippen MR) is 189 cm³/mol. The van der Waals surface area contributed by atoms with Crippen LogP contribution in [0.25, 0.3) is 21.6 Å². The lowest BCUT2D eigenvalue weighted by Gasteiger charge is -2.20. The van der Waals surface area contributed by atoms with Gasteiger partial charge in [-0.2, -0.15) is 0 Å². The van der Waals surface area contributed by atoms with Crippen molar-refractivity contribution in [2.45, 2.75) is 89.0 Å². The van der Waals surface area contributed by atoms with Gasteiger partial charge < -0.3 is 20.1 Å². The SMILES string of the molecule is [N-]=[N+]=NCCOCCC(=O)CCCCCC(NC(=O)OCC1c2ccccc2-c2ccccc21)C(=O)NCCCC(=O)CC1CCC(=O)C(=O)C1. The number of alkyl carbamates (subject to hydrolysis) is 1. The van der Waals surface area contributed by atoms with Crippen LogP contribution in [0.4, 0.5) is 4.79 Å². The lowest BCUT2D eigenvalue weighted by molar-refractivity contribution is -0.139. The third kappa shape index (κ3) is 12.4. The predicted octanol–water partition coefficient (Wildman–Crippen LogP) is 5.92. The van der Waals surface area contributed by atoms with Crippen LogP contribution in [0.5, 0.6) is 0 Å². The Morgan fingerprint density at radius 3 is 2.27 bits per heavy atom. The third-order valence-corrected chi connectivity index (χ3v) is 9.34. The molecular formula is C38H47N5O8. The molecule has 0 aliphatic heterocycles. The number of hydrogen-bond donors (Lipinski definition) is 2. The highest BCUT2D eigenvalue weighted by Gasteiger charge is 2.30. The van der Waals surface area contributed by atoms with E-state index in [1.165, 1.54) is 0 Å². The summed E-state index contributed by atoms with van der Waals surface area (Å²) in [6.45, 7) is 1.08. The Morgan fingerprint density at radius 1 is 0.863 bits per heavy atom. The summed E-state index contributed by atoms with van der Waals surface area (Å²) in [5.74, 6) is -1.35. The van der Waals surface area contributed by atoms with Crippen LogP contribution in [0, 0.1) is 5.92 Å². The van der Waals surface area contributed by atoms with Crippen LogP contribution in [-0.2, 0) is 33.4 Å². The topological polar surface area (TPSA) is 194 Å². The molecule has 0 spiro atoms. The lowest BCUT2D eigenvalue weighted by Crippen LogP contribution is -2.47. The molecule has 13 nitrogen and oxygen atoms in total. The highest BCUT2D eigenvalue weighted by molar-refractivity contribution is 6.37. The van der Waals surface area contributed by atoms with Crippen LogP contribution >= 0.6 is 0 Å². The summed E-state index contributed by atoms with van der Waals surface area (Å²) in [7, 11) is 0. The second-order valence-corrected chi connectivity index (χ2v) is 13.1. The number of nitrogens with one attached hydrogen (secondary N) is 2. The van der Waals surface area contributed by atoms with E-state index in [0.717, 1.165) is 22.3 Å². The first kappa shape index (κ1) is 38.9. The molecule has 2 aromatic rings. The molecule has 2 aromatic carbocycles. The molecule has 2 aliphatic carbocycles. The highest BCUT2D eigenvalue weighted by Crippen LogP contribution is 2.44. The number of Topliss-reactive ketones (excluding diaryl/α,β-unsaturated/α-hetero) is 4. The zero-order chi connectivity index (χ0) is 36.4. The molecule has 2 atom stereocenters. The van der Waals surface area contributed by atoms with Gasteiger partial charge >= 0.3 is 6.09 Å². The van der Waals surface area contributed by atoms with Crippen molar-refractivity contribution in [3.8, 4) is 11.1 Å². The van der Waals surface area contributed by atoms with Crippen LogP contribution in [-0.4, -0.2) is 74.1 Å². The number of rotatable bonds is 22. The summed E-state index contributed by atoms with van der Waals surface area (Å²) in [4.78, 5) is 76.8. The molecule has 2 aliphatic rings. The average Bonchev–Trinajstić information content (AvgIpc) is 3.45. The zero-order valence-corrected chi connectivity index (χ0v) is 29.0. The maximum atomic E-state index is 13.2. The van der Waals surface area contributed by atoms with Gasteiger partial charge in [0.1, 0.15) is 24.2 Å². The van der Waals surface area contributed by atoms with Crippen molar-refractivity contribution in [1.29, 1.82) is 0 Å². The standard InChI is InChI=1S/C38H47N5O8/c39-43-41-20-22-50-21-18-27(44)9-2-1-3-15-34(37(48)40-19-8-10-28(45)23-26-16-17-35(46)36(47)24-26)42-38(49)51-25-33-31-13-6-4-11-29(31)30-12-5-7-14-32(30)33/h4-7,11-14,26,33-34H,1-3,8-10,15-25H2,(H,40,48)(H,42,49). The van der Waals surface area contributed by atoms with Gasteiger partial charge in [-0.25, -0.2) is 4.79 Å². The Kier molecular flexibility index (Phi) is 15.8. The molecule has 0 radical (unpaired) electrons. The first-order chi connectivity index (χ1) is 24.8. The summed E-state index contributed by atoms with van der Waals surface area (Å²) in [6.07, 6.45) is 3.87. The van der Waals surface area contributed by atoms with Crippen molar-refractivity contribution in [3.63, 3.8) is 0 Å². The third-order valence-electron chi connectivity index (χ3n) is 9.34. The number of ketones is 4. The smallest absolute Gasteiger partial charge is 0.407 e. The van der Waals surface area contributed by atoms with Gasteiger partial charge in [-0.05, 0) is 59.4 Å². The fourth-order valence-corrected chi connectivity index (χ4v) is 6.63. The number of amides is 2. The maximum absolute atomic E-state index is 13.2. The van der Waals surface area contributed by atoms with Crippen molar-refractivity contribution in [3.05, 3.63) is 70.1 Å². The number of fused-ring (bicyclic) bond motifs is 3. The molecule has 4 rings (SSSR count). The van der Waals surface area contributed by atoms with Crippen molar-refractivity contribution in [2.24, 2.45) is 11.0 Å². The second-order valence-electron chi connectivity index (χ2n) is 13.1. The van der Waals surface area contributed by atoms with Crippen molar-refractivity contribution in [1.82, 2.24) is 10.6 Å². The molecule has 2 unspecified atom stereocenters. The van der Waals surface area contributed by atoms with Gasteiger partial charge in [-0.15, -0.1) is 0 Å². The van der Waals surface area contributed by atoms with Gasteiger partial charge in [-0.3, -0.25) is 24.0 Å². The normalized spacial score (nSPS) is 15.6. The maximum Gasteiger partial charge on any atom is 0.407 e. The molecule has 272 valence electrons. The summed E-state index contributed by atoms with van der Waals surface area (Å²) >= 11 is 0. The van der Waals surface area contributed by atoms with Crippen LogP contribution in [0.3, 0.4) is 0 Å². The van der Waals surface area contributed by atoms with Gasteiger partial charge in [0, 0.05) is 62.4 Å². The molecule has 0 saturated heterocycles. The van der Waals surface area contributed by atoms with Crippen LogP contribution < -0.4 is 10.6 Å². The van der Waals surface area contributed by atoms with E-state index in [4.69, 9.17) is 15.0 Å². The van der Waals surface area contributed by atoms with Crippen molar-refractivity contribution < 1.29 is 38.2 Å². The van der Waals surface area contributed by atoms with E-state index < -0.39 is 17.9 Å². The van der Waals surface area contributed by atoms with E-state index in [1.807, 2.05) is 36.4 Å². The van der Waals surface area contributed by atoms with Gasteiger partial charge in [0.15, 0.2) is 11.6 Å². The summed E-state index contributed by atoms with van der Waals surface area (Å²) in [6, 6.07) is 15.2. The minimum absolute atomic E-state index is 0.0148. The number of carbonyl (C=O) groups is 6. The number of nitrogens with zero attached hydrogens (tertiary/aromatic N) is 3. The number of carbonyl (C=O) groups excluding carboxylic acids is 6. The minimum atomic E-state index is -0.873. The summed E-state index contributed by atoms with van der Waals surface area (Å²) in [5.41, 5.74) is 12.7. The van der Waals surface area contributed by atoms with Gasteiger partial charge in [-0.1, -0.05) is 66.5 Å². The van der Waals surface area contributed by atoms with Gasteiger partial charge in [0.25, 0.3) is 0 Å². The second kappa shape index (κ2) is 20.7. The summed E-state index contributed by atoms with van der Waals surface area (Å²) in [5, 5.41) is 8.94. The molecule has 2 amide bonds. The van der Waals surface area contributed by atoms with Crippen molar-refractivity contribution in [2.75, 3.05) is 32.9 Å². The van der Waals surface area contributed by atoms with E-state index in [2.05, 4.69) is 32.8 Å². The average molecular weight is 702 g/mol. The number of azide groups is 1. The Labute approximate surface area is 297 Å². The Balaban J connectivity index is 1.23. The number of benzene rings is 2. The summed E-state index contributed by atoms with van der Waals surface area (Å²) < 4.78 is 11.0. The monoisotopic (exact) mass is 701 g/mol. The molecule has 2 N–H and O–H groups in total. The van der Waals surface area contributed by atoms with E-state index >= 15 is 0 Å². The minimum Gasteiger partial charge on any atom is -0.449 e. The van der Waals surface area contributed by atoms with Crippen LogP contribution in [0.2, 0.25) is 0 Å². The van der Waals surface area contributed by atoms with Crippen LogP contribution in [0.1, 0.15) is 94.1 Å². The Hall–Kier alpha value is -4.87. The Morgan fingerprint density at radius 2 is 1.57 bits per heavy atom. The number of ether oxygens (including phenoxy) is 2. The molecule has 0 heterocycles. The number of unbranched alkanes of at least 4 members (excludes halogenated alkanes) is 2. The van der Waals surface area contributed by atoms with Crippen molar-refractivity contribution >= 4 is 35.1 Å². The molecule has 51 heavy (non-hydrogen) atoms. The Bertz CT molecular complexity index is 1560. The fourth-order valence-electron chi connectivity index (χ4n) is 6.63. The van der Waals surface area contributed by atoms with Gasteiger partial charge in [0.05, 0.1) is 13.2 Å². The largest absolute Gasteiger partial charge is 0.449 e. The van der Waals surface area contributed by atoms with E-state index in [9.17, 15) is 28.8 Å². The number of hydrogen-bond acceptors (Lipinski definition) is 9. The molecule has 1 fully saturated rings. The molecule has 0 aromatic heterocycles. The lowest BCUT2D eigenvalue weighted by atomic mass is 9.84. The molecule has 13 heteroatoms. The fraction of sp³-hybridized carbons (Fsp3) is 0.526. The van der Waals surface area contributed by atoms with Crippen LogP contribution in [0.15, 0.2) is 53.6 Å². The van der Waals surface area contributed by atoms with Gasteiger partial charge in [0.2, 0.25) is 5.91 Å². The van der Waals surface area contributed by atoms with E-state index in [-0.39, 0.29) is 100 Å². The zero-order valence-electron chi connectivity index (χ0n) is 29.0. The van der Waals surface area contributed by atoms with E-state index in [0.29, 0.717) is 44.9 Å². The van der Waals surface area contributed by atoms with E-state index in [1.54, 1.807) is 0 Å². The first-order valence-corrected chi connectivity index (χ1v) is 17.8. The highest BCUT2D eigenvalue weighted by atomic mass is 16.5. The first-order valence-electron chi connectivity index (χ1n) is 17.8.